The third-order valence-electron chi connectivity index (χ3n) is 4.63. The van der Waals surface area contributed by atoms with Gasteiger partial charge < -0.3 is 20.9 Å². The molecule has 0 saturated carbocycles. The first kappa shape index (κ1) is 18.6. The third-order valence-corrected chi connectivity index (χ3v) is 4.86. The van der Waals surface area contributed by atoms with Crippen molar-refractivity contribution in [3.63, 3.8) is 0 Å². The summed E-state index contributed by atoms with van der Waals surface area (Å²) >= 11 is 6.11. The SMILES string of the molecule is CC(C)CCNc1ncnc(N2CCN(c3cccc(Cl)c3)CC2)c1N. The zero-order valence-corrected chi connectivity index (χ0v) is 16.2. The van der Waals surface area contributed by atoms with Crippen LogP contribution in [0.15, 0.2) is 30.6 Å². The lowest BCUT2D eigenvalue weighted by Crippen LogP contribution is -2.47. The summed E-state index contributed by atoms with van der Waals surface area (Å²) in [5.41, 5.74) is 8.12. The second-order valence-electron chi connectivity index (χ2n) is 7.02. The highest BCUT2D eigenvalue weighted by Gasteiger charge is 2.21. The first-order valence-corrected chi connectivity index (χ1v) is 9.52. The summed E-state index contributed by atoms with van der Waals surface area (Å²) in [6, 6.07) is 7.99. The van der Waals surface area contributed by atoms with Crippen molar-refractivity contribution in [3.05, 3.63) is 35.6 Å². The topological polar surface area (TPSA) is 70.3 Å². The first-order chi connectivity index (χ1) is 12.5. The number of halogens is 1. The molecule has 0 bridgehead atoms. The van der Waals surface area contributed by atoms with Gasteiger partial charge in [0.2, 0.25) is 0 Å². The predicted molar refractivity (Wildman–Crippen MR) is 110 cm³/mol. The highest BCUT2D eigenvalue weighted by atomic mass is 35.5. The van der Waals surface area contributed by atoms with E-state index in [2.05, 4.69) is 45.0 Å². The second kappa shape index (κ2) is 8.45. The molecule has 0 spiro atoms. The van der Waals surface area contributed by atoms with E-state index in [0.717, 1.165) is 61.5 Å². The van der Waals surface area contributed by atoms with Gasteiger partial charge in [-0.1, -0.05) is 31.5 Å². The average Bonchev–Trinajstić information content (AvgIpc) is 2.63. The van der Waals surface area contributed by atoms with E-state index in [1.807, 2.05) is 18.2 Å². The van der Waals surface area contributed by atoms with E-state index in [1.54, 1.807) is 6.33 Å². The number of nitrogen functional groups attached to an aromatic ring is 1. The maximum atomic E-state index is 6.34. The van der Waals surface area contributed by atoms with Gasteiger partial charge in [0.15, 0.2) is 11.6 Å². The molecule has 26 heavy (non-hydrogen) atoms. The van der Waals surface area contributed by atoms with Crippen LogP contribution in [0, 0.1) is 5.92 Å². The number of aromatic nitrogens is 2. The molecule has 2 aromatic rings. The lowest BCUT2D eigenvalue weighted by atomic mass is 10.1. The molecule has 7 heteroatoms. The van der Waals surface area contributed by atoms with Crippen LogP contribution in [0.5, 0.6) is 0 Å². The molecule has 0 aliphatic carbocycles. The molecule has 3 N–H and O–H groups in total. The zero-order valence-electron chi connectivity index (χ0n) is 15.5. The van der Waals surface area contributed by atoms with Crippen LogP contribution in [0.2, 0.25) is 5.02 Å². The number of nitrogens with one attached hydrogen (secondary N) is 1. The van der Waals surface area contributed by atoms with Crippen molar-refractivity contribution in [2.45, 2.75) is 20.3 Å². The molecule has 3 rings (SSSR count). The van der Waals surface area contributed by atoms with Crippen molar-refractivity contribution in [2.24, 2.45) is 5.92 Å². The van der Waals surface area contributed by atoms with E-state index in [-0.39, 0.29) is 0 Å². The summed E-state index contributed by atoms with van der Waals surface area (Å²) in [5.74, 6) is 2.19. The Morgan fingerprint density at radius 2 is 1.88 bits per heavy atom. The molecule has 0 unspecified atom stereocenters. The summed E-state index contributed by atoms with van der Waals surface area (Å²) in [5, 5.41) is 4.10. The fraction of sp³-hybridized carbons (Fsp3) is 0.474. The third kappa shape index (κ3) is 4.49. The fourth-order valence-electron chi connectivity index (χ4n) is 3.11. The van der Waals surface area contributed by atoms with Gasteiger partial charge in [0.05, 0.1) is 0 Å². The van der Waals surface area contributed by atoms with Crippen LogP contribution in [0.25, 0.3) is 0 Å². The minimum Gasteiger partial charge on any atom is -0.393 e. The van der Waals surface area contributed by atoms with Gasteiger partial charge in [0.25, 0.3) is 0 Å². The van der Waals surface area contributed by atoms with Crippen molar-refractivity contribution in [3.8, 4) is 0 Å². The Kier molecular flexibility index (Phi) is 6.04. The Morgan fingerprint density at radius 1 is 1.15 bits per heavy atom. The maximum absolute atomic E-state index is 6.34. The van der Waals surface area contributed by atoms with E-state index in [0.29, 0.717) is 11.6 Å². The summed E-state index contributed by atoms with van der Waals surface area (Å²) in [6.45, 7) is 8.80. The molecular formula is C19H27ClN6. The van der Waals surface area contributed by atoms with Gasteiger partial charge in [-0.3, -0.25) is 0 Å². The van der Waals surface area contributed by atoms with Crippen molar-refractivity contribution < 1.29 is 0 Å². The van der Waals surface area contributed by atoms with Gasteiger partial charge in [-0.2, -0.15) is 0 Å². The largest absolute Gasteiger partial charge is 0.393 e. The lowest BCUT2D eigenvalue weighted by molar-refractivity contribution is 0.606. The van der Waals surface area contributed by atoms with Gasteiger partial charge in [-0.15, -0.1) is 0 Å². The Morgan fingerprint density at radius 3 is 2.58 bits per heavy atom. The minimum atomic E-state index is 0.632. The molecule has 1 aliphatic rings. The van der Waals surface area contributed by atoms with Gasteiger partial charge in [-0.05, 0) is 30.5 Å². The number of piperazine rings is 1. The molecule has 1 fully saturated rings. The molecule has 1 aliphatic heterocycles. The number of benzene rings is 1. The molecule has 0 radical (unpaired) electrons. The molecule has 2 heterocycles. The highest BCUT2D eigenvalue weighted by molar-refractivity contribution is 6.30. The van der Waals surface area contributed by atoms with Crippen LogP contribution >= 0.6 is 11.6 Å². The maximum Gasteiger partial charge on any atom is 0.157 e. The molecular weight excluding hydrogens is 348 g/mol. The molecule has 0 amide bonds. The standard InChI is InChI=1S/C19H27ClN6/c1-14(2)6-7-22-18-17(21)19(24-13-23-18)26-10-8-25(9-11-26)16-5-3-4-15(20)12-16/h3-5,12-14H,6-11,21H2,1-2H3,(H,22,23,24). The smallest absolute Gasteiger partial charge is 0.157 e. The van der Waals surface area contributed by atoms with Crippen LogP contribution in [-0.4, -0.2) is 42.7 Å². The molecule has 1 aromatic heterocycles. The van der Waals surface area contributed by atoms with Gasteiger partial charge >= 0.3 is 0 Å². The fourth-order valence-corrected chi connectivity index (χ4v) is 3.29. The number of nitrogens with zero attached hydrogens (tertiary/aromatic N) is 4. The molecule has 0 atom stereocenters. The second-order valence-corrected chi connectivity index (χ2v) is 7.46. The van der Waals surface area contributed by atoms with Gasteiger partial charge in [-0.25, -0.2) is 9.97 Å². The zero-order chi connectivity index (χ0) is 18.5. The van der Waals surface area contributed by atoms with E-state index in [9.17, 15) is 0 Å². The summed E-state index contributed by atoms with van der Waals surface area (Å²) in [6.07, 6.45) is 2.67. The van der Waals surface area contributed by atoms with E-state index in [1.165, 1.54) is 0 Å². The van der Waals surface area contributed by atoms with Crippen molar-refractivity contribution in [2.75, 3.05) is 53.6 Å². The van der Waals surface area contributed by atoms with Crippen LogP contribution in [0.4, 0.5) is 23.0 Å². The number of hydrogen-bond donors (Lipinski definition) is 2. The van der Waals surface area contributed by atoms with Crippen molar-refractivity contribution in [1.29, 1.82) is 0 Å². The van der Waals surface area contributed by atoms with Gasteiger partial charge in [0.1, 0.15) is 12.0 Å². The number of anilines is 4. The molecule has 1 saturated heterocycles. The van der Waals surface area contributed by atoms with E-state index < -0.39 is 0 Å². The first-order valence-electron chi connectivity index (χ1n) is 9.14. The number of hydrogen-bond acceptors (Lipinski definition) is 6. The Hall–Kier alpha value is -2.21. The predicted octanol–water partition coefficient (Wildman–Crippen LogP) is 3.50. The Bertz CT molecular complexity index is 728. The quantitative estimate of drug-likeness (QED) is 0.806. The average molecular weight is 375 g/mol. The van der Waals surface area contributed by atoms with Gasteiger partial charge in [0, 0.05) is 43.4 Å². The normalized spacial score (nSPS) is 14.8. The Balaban J connectivity index is 1.64. The monoisotopic (exact) mass is 374 g/mol. The van der Waals surface area contributed by atoms with Crippen molar-refractivity contribution >= 4 is 34.6 Å². The van der Waals surface area contributed by atoms with Crippen LogP contribution < -0.4 is 20.9 Å². The molecule has 1 aromatic carbocycles. The number of rotatable bonds is 6. The molecule has 6 nitrogen and oxygen atoms in total. The van der Waals surface area contributed by atoms with Crippen molar-refractivity contribution in [1.82, 2.24) is 9.97 Å². The molecule has 140 valence electrons. The summed E-state index contributed by atoms with van der Waals surface area (Å²) in [4.78, 5) is 13.3. The van der Waals surface area contributed by atoms with Crippen LogP contribution in [0.1, 0.15) is 20.3 Å². The highest BCUT2D eigenvalue weighted by Crippen LogP contribution is 2.28. The summed E-state index contributed by atoms with van der Waals surface area (Å²) in [7, 11) is 0. The van der Waals surface area contributed by atoms with E-state index >= 15 is 0 Å². The van der Waals surface area contributed by atoms with Crippen LogP contribution in [-0.2, 0) is 0 Å². The minimum absolute atomic E-state index is 0.632. The number of nitrogens with two attached hydrogens (primary N) is 1. The lowest BCUT2D eigenvalue weighted by Gasteiger charge is -2.37. The summed E-state index contributed by atoms with van der Waals surface area (Å²) < 4.78 is 0. The van der Waals surface area contributed by atoms with Crippen LogP contribution in [0.3, 0.4) is 0 Å². The van der Waals surface area contributed by atoms with E-state index in [4.69, 9.17) is 17.3 Å². The Labute approximate surface area is 160 Å².